The van der Waals surface area contributed by atoms with Crippen LogP contribution in [0.15, 0.2) is 22.7 Å². The normalized spacial score (nSPS) is 21.5. The molecule has 1 aromatic carbocycles. The Labute approximate surface area is 158 Å². The van der Waals surface area contributed by atoms with Gasteiger partial charge in [-0.15, -0.1) is 0 Å². The predicted octanol–water partition coefficient (Wildman–Crippen LogP) is 2.39. The van der Waals surface area contributed by atoms with Gasteiger partial charge in [0.05, 0.1) is 11.8 Å². The third-order valence-corrected chi connectivity index (χ3v) is 5.23. The number of rotatable bonds is 4. The molecule has 4 rings (SSSR count). The highest BCUT2D eigenvalue weighted by atomic mass is 16.6. The number of benzene rings is 1. The zero-order valence-electron chi connectivity index (χ0n) is 15.9. The number of aryl methyl sites for hydroxylation is 2. The van der Waals surface area contributed by atoms with Gasteiger partial charge in [-0.3, -0.25) is 4.79 Å². The number of aromatic nitrogens is 1. The van der Waals surface area contributed by atoms with E-state index in [1.54, 1.807) is 13.2 Å². The fourth-order valence-corrected chi connectivity index (χ4v) is 3.83. The molecule has 27 heavy (non-hydrogen) atoms. The van der Waals surface area contributed by atoms with Crippen LogP contribution in [0.4, 0.5) is 0 Å². The van der Waals surface area contributed by atoms with Crippen molar-refractivity contribution < 1.29 is 23.5 Å². The molecule has 2 atom stereocenters. The second-order valence-corrected chi connectivity index (χ2v) is 7.19. The quantitative estimate of drug-likeness (QED) is 0.820. The van der Waals surface area contributed by atoms with Gasteiger partial charge in [0.25, 0.3) is 5.91 Å². The SMILES string of the molecule is CO[C@H]1CN(C(=O)c2cc3c(cc2C)OCCO3)C[C@H]1Cc1cc(C)no1. The number of carbonyl (C=O) groups is 1. The minimum atomic E-state index is -0.0307. The summed E-state index contributed by atoms with van der Waals surface area (Å²) in [5.74, 6) is 2.31. The lowest BCUT2D eigenvalue weighted by Gasteiger charge is -2.22. The first-order valence-electron chi connectivity index (χ1n) is 9.19. The Balaban J connectivity index is 1.52. The minimum Gasteiger partial charge on any atom is -0.486 e. The molecule has 0 N–H and O–H groups in total. The van der Waals surface area contributed by atoms with E-state index < -0.39 is 0 Å². The summed E-state index contributed by atoms with van der Waals surface area (Å²) in [6.45, 7) is 6.02. The number of fused-ring (bicyclic) bond motifs is 1. The highest BCUT2D eigenvalue weighted by Crippen LogP contribution is 2.34. The van der Waals surface area contributed by atoms with Crippen molar-refractivity contribution in [3.8, 4) is 11.5 Å². The van der Waals surface area contributed by atoms with Crippen molar-refractivity contribution >= 4 is 5.91 Å². The highest BCUT2D eigenvalue weighted by Gasteiger charge is 2.37. The van der Waals surface area contributed by atoms with Gasteiger partial charge in [0.15, 0.2) is 11.5 Å². The van der Waals surface area contributed by atoms with Gasteiger partial charge in [-0.05, 0) is 31.5 Å². The number of carbonyl (C=O) groups excluding carboxylic acids is 1. The first-order chi connectivity index (χ1) is 13.0. The van der Waals surface area contributed by atoms with E-state index in [1.165, 1.54) is 0 Å². The predicted molar refractivity (Wildman–Crippen MR) is 97.3 cm³/mol. The van der Waals surface area contributed by atoms with Crippen LogP contribution in [-0.4, -0.2) is 55.5 Å². The summed E-state index contributed by atoms with van der Waals surface area (Å²) < 4.78 is 22.2. The van der Waals surface area contributed by atoms with Crippen molar-refractivity contribution in [2.75, 3.05) is 33.4 Å². The first-order valence-corrected chi connectivity index (χ1v) is 9.19. The summed E-state index contributed by atoms with van der Waals surface area (Å²) in [4.78, 5) is 15.0. The molecule has 1 aromatic heterocycles. The lowest BCUT2D eigenvalue weighted by Crippen LogP contribution is -2.30. The van der Waals surface area contributed by atoms with Crippen LogP contribution < -0.4 is 9.47 Å². The molecule has 3 heterocycles. The van der Waals surface area contributed by atoms with Crippen LogP contribution in [0.1, 0.15) is 27.4 Å². The van der Waals surface area contributed by atoms with Crippen LogP contribution in [0.5, 0.6) is 11.5 Å². The number of ether oxygens (including phenoxy) is 3. The van der Waals surface area contributed by atoms with Crippen LogP contribution in [0.3, 0.4) is 0 Å². The van der Waals surface area contributed by atoms with E-state index in [9.17, 15) is 4.79 Å². The van der Waals surface area contributed by atoms with E-state index >= 15 is 0 Å². The molecule has 7 heteroatoms. The van der Waals surface area contributed by atoms with Crippen LogP contribution >= 0.6 is 0 Å². The van der Waals surface area contributed by atoms with Crippen molar-refractivity contribution in [1.29, 1.82) is 0 Å². The minimum absolute atomic E-state index is 0.0113. The lowest BCUT2D eigenvalue weighted by molar-refractivity contribution is 0.0671. The molecule has 2 aromatic rings. The molecule has 0 unspecified atom stereocenters. The molecule has 1 saturated heterocycles. The summed E-state index contributed by atoms with van der Waals surface area (Å²) in [7, 11) is 1.69. The second kappa shape index (κ2) is 7.23. The number of methoxy groups -OCH3 is 1. The van der Waals surface area contributed by atoms with Gasteiger partial charge in [0.1, 0.15) is 19.0 Å². The smallest absolute Gasteiger partial charge is 0.254 e. The molecule has 0 bridgehead atoms. The molecular weight excluding hydrogens is 348 g/mol. The third kappa shape index (κ3) is 3.51. The maximum absolute atomic E-state index is 13.2. The summed E-state index contributed by atoms with van der Waals surface area (Å²) in [6.07, 6.45) is 0.667. The Kier molecular flexibility index (Phi) is 4.78. The molecule has 0 spiro atoms. The summed E-state index contributed by atoms with van der Waals surface area (Å²) in [6, 6.07) is 5.60. The fourth-order valence-electron chi connectivity index (χ4n) is 3.83. The second-order valence-electron chi connectivity index (χ2n) is 7.19. The Morgan fingerprint density at radius 1 is 1.19 bits per heavy atom. The topological polar surface area (TPSA) is 74.0 Å². The molecule has 144 valence electrons. The van der Waals surface area contributed by atoms with Gasteiger partial charge in [-0.2, -0.15) is 0 Å². The van der Waals surface area contributed by atoms with Crippen LogP contribution in [0.2, 0.25) is 0 Å². The molecule has 2 aliphatic heterocycles. The first kappa shape index (κ1) is 17.9. The van der Waals surface area contributed by atoms with Gasteiger partial charge in [0.2, 0.25) is 0 Å². The van der Waals surface area contributed by atoms with Crippen molar-refractivity contribution in [1.82, 2.24) is 10.1 Å². The van der Waals surface area contributed by atoms with Crippen LogP contribution in [0.25, 0.3) is 0 Å². The molecule has 0 aliphatic carbocycles. The number of amides is 1. The van der Waals surface area contributed by atoms with Crippen LogP contribution in [-0.2, 0) is 11.2 Å². The Hall–Kier alpha value is -2.54. The zero-order valence-corrected chi connectivity index (χ0v) is 15.9. The Morgan fingerprint density at radius 2 is 1.93 bits per heavy atom. The van der Waals surface area contributed by atoms with Crippen molar-refractivity contribution in [2.24, 2.45) is 5.92 Å². The Bertz CT molecular complexity index is 847. The molecule has 0 radical (unpaired) electrons. The average Bonchev–Trinajstić information content (AvgIpc) is 3.26. The van der Waals surface area contributed by atoms with Crippen molar-refractivity contribution in [3.63, 3.8) is 0 Å². The van der Waals surface area contributed by atoms with Crippen molar-refractivity contribution in [2.45, 2.75) is 26.4 Å². The summed E-state index contributed by atoms with van der Waals surface area (Å²) in [5.41, 5.74) is 2.38. The van der Waals surface area contributed by atoms with Crippen LogP contribution in [0, 0.1) is 19.8 Å². The maximum atomic E-state index is 13.2. The van der Waals surface area contributed by atoms with E-state index in [1.807, 2.05) is 30.9 Å². The molecular formula is C20H24N2O5. The van der Waals surface area contributed by atoms with Gasteiger partial charge >= 0.3 is 0 Å². The van der Waals surface area contributed by atoms with Gasteiger partial charge in [0, 0.05) is 44.2 Å². The molecule has 1 amide bonds. The third-order valence-electron chi connectivity index (χ3n) is 5.23. The van der Waals surface area contributed by atoms with E-state index in [2.05, 4.69) is 5.16 Å². The average molecular weight is 372 g/mol. The summed E-state index contributed by atoms with van der Waals surface area (Å²) >= 11 is 0. The van der Waals surface area contributed by atoms with E-state index in [-0.39, 0.29) is 17.9 Å². The molecule has 0 saturated carbocycles. The lowest BCUT2D eigenvalue weighted by atomic mass is 10.0. The molecule has 2 aliphatic rings. The standard InChI is InChI=1S/C20H24N2O5/c1-12-6-17-18(26-5-4-25-17)9-16(12)20(23)22-10-14(19(11-22)24-3)8-15-7-13(2)21-27-15/h6-7,9,14,19H,4-5,8,10-11H2,1-3H3/t14-,19+/m1/s1. The number of hydrogen-bond acceptors (Lipinski definition) is 6. The summed E-state index contributed by atoms with van der Waals surface area (Å²) in [5, 5.41) is 3.94. The molecule has 7 nitrogen and oxygen atoms in total. The monoisotopic (exact) mass is 372 g/mol. The van der Waals surface area contributed by atoms with Crippen molar-refractivity contribution in [3.05, 3.63) is 40.8 Å². The molecule has 1 fully saturated rings. The number of nitrogens with zero attached hydrogens (tertiary/aromatic N) is 2. The van der Waals surface area contributed by atoms with Gasteiger partial charge < -0.3 is 23.6 Å². The number of hydrogen-bond donors (Lipinski definition) is 0. The fraction of sp³-hybridized carbons (Fsp3) is 0.500. The Morgan fingerprint density at radius 3 is 2.59 bits per heavy atom. The zero-order chi connectivity index (χ0) is 19.0. The van der Waals surface area contributed by atoms with E-state index in [0.717, 1.165) is 17.0 Å². The van der Waals surface area contributed by atoms with Gasteiger partial charge in [-0.25, -0.2) is 0 Å². The van der Waals surface area contributed by atoms with E-state index in [0.29, 0.717) is 49.8 Å². The number of likely N-dealkylation sites (tertiary alicyclic amines) is 1. The maximum Gasteiger partial charge on any atom is 0.254 e. The van der Waals surface area contributed by atoms with E-state index in [4.69, 9.17) is 18.7 Å². The largest absolute Gasteiger partial charge is 0.486 e. The highest BCUT2D eigenvalue weighted by molar-refractivity contribution is 5.96. The van der Waals surface area contributed by atoms with Gasteiger partial charge in [-0.1, -0.05) is 5.16 Å².